The average molecular weight is 238 g/mol. The van der Waals surface area contributed by atoms with Crippen LogP contribution in [-0.2, 0) is 11.3 Å². The molecule has 0 bridgehead atoms. The lowest BCUT2D eigenvalue weighted by Crippen LogP contribution is -2.07. The van der Waals surface area contributed by atoms with Gasteiger partial charge in [0.2, 0.25) is 0 Å². The second-order valence-corrected chi connectivity index (χ2v) is 3.87. The van der Waals surface area contributed by atoms with Crippen LogP contribution in [0.2, 0.25) is 0 Å². The molecule has 4 nitrogen and oxygen atoms in total. The number of thiazole rings is 1. The van der Waals surface area contributed by atoms with Crippen LogP contribution in [0.15, 0.2) is 30.2 Å². The highest BCUT2D eigenvalue weighted by Gasteiger charge is 2.12. The van der Waals surface area contributed by atoms with Gasteiger partial charge in [-0.3, -0.25) is 9.97 Å². The van der Waals surface area contributed by atoms with Crippen molar-refractivity contribution < 1.29 is 13.9 Å². The number of nitrogens with zero attached hydrogens (tertiary/aromatic N) is 2. The fraction of sp³-hybridized carbons (Fsp3) is 0.100. The van der Waals surface area contributed by atoms with Crippen LogP contribution in [0, 0.1) is 5.82 Å². The number of carbonyl (C=O) groups excluding carboxylic acids is 1. The first-order chi connectivity index (χ1) is 7.77. The van der Waals surface area contributed by atoms with Gasteiger partial charge < -0.3 is 4.74 Å². The van der Waals surface area contributed by atoms with E-state index in [4.69, 9.17) is 4.74 Å². The van der Waals surface area contributed by atoms with E-state index in [2.05, 4.69) is 9.97 Å². The van der Waals surface area contributed by atoms with Gasteiger partial charge in [-0.2, -0.15) is 0 Å². The molecule has 0 N–H and O–H groups in total. The Morgan fingerprint density at radius 2 is 2.31 bits per heavy atom. The predicted molar refractivity (Wildman–Crippen MR) is 55.4 cm³/mol. The third kappa shape index (κ3) is 2.40. The van der Waals surface area contributed by atoms with Crippen molar-refractivity contribution in [1.82, 2.24) is 9.97 Å². The third-order valence-electron chi connectivity index (χ3n) is 1.82. The van der Waals surface area contributed by atoms with Crippen molar-refractivity contribution in [2.45, 2.75) is 6.61 Å². The molecule has 0 saturated heterocycles. The fourth-order valence-corrected chi connectivity index (χ4v) is 1.57. The van der Waals surface area contributed by atoms with E-state index >= 15 is 0 Å². The highest BCUT2D eigenvalue weighted by atomic mass is 32.1. The second kappa shape index (κ2) is 4.80. The number of ether oxygens (including phenoxy) is 1. The number of hydrogen-bond donors (Lipinski definition) is 0. The van der Waals surface area contributed by atoms with Crippen LogP contribution in [-0.4, -0.2) is 15.9 Å². The Hall–Kier alpha value is -1.82. The van der Waals surface area contributed by atoms with Crippen LogP contribution < -0.4 is 0 Å². The molecule has 2 heterocycles. The summed E-state index contributed by atoms with van der Waals surface area (Å²) in [6, 6.07) is 1.28. The lowest BCUT2D eigenvalue weighted by molar-refractivity contribution is 0.0471. The molecule has 0 spiro atoms. The molecular formula is C10H7FN2O2S. The predicted octanol–water partition coefficient (Wildman–Crippen LogP) is 2.03. The summed E-state index contributed by atoms with van der Waals surface area (Å²) in [6.45, 7) is 0.102. The Bertz CT molecular complexity index is 487. The van der Waals surface area contributed by atoms with Gasteiger partial charge in [0.05, 0.1) is 22.1 Å². The van der Waals surface area contributed by atoms with Gasteiger partial charge in [-0.25, -0.2) is 9.18 Å². The summed E-state index contributed by atoms with van der Waals surface area (Å²) in [5.74, 6) is -1.38. The van der Waals surface area contributed by atoms with Crippen molar-refractivity contribution in [2.24, 2.45) is 0 Å². The monoisotopic (exact) mass is 238 g/mol. The quantitative estimate of drug-likeness (QED) is 0.768. The number of esters is 1. The van der Waals surface area contributed by atoms with Crippen molar-refractivity contribution in [2.75, 3.05) is 0 Å². The first kappa shape index (κ1) is 10.7. The highest BCUT2D eigenvalue weighted by Crippen LogP contribution is 2.11. The molecule has 2 aromatic rings. The van der Waals surface area contributed by atoms with Crippen molar-refractivity contribution >= 4 is 17.3 Å². The lowest BCUT2D eigenvalue weighted by Gasteiger charge is -2.03. The van der Waals surface area contributed by atoms with Gasteiger partial charge in [-0.05, 0) is 6.07 Å². The molecule has 0 atom stereocenters. The molecule has 16 heavy (non-hydrogen) atoms. The minimum atomic E-state index is -0.701. The van der Waals surface area contributed by atoms with Gasteiger partial charge in [-0.1, -0.05) is 0 Å². The van der Waals surface area contributed by atoms with Crippen molar-refractivity contribution in [3.05, 3.63) is 46.4 Å². The van der Waals surface area contributed by atoms with Gasteiger partial charge >= 0.3 is 5.97 Å². The zero-order chi connectivity index (χ0) is 11.4. The standard InChI is InChI=1S/C10H7FN2O2S/c11-9-4-12-2-1-8(9)10(14)15-5-7-3-13-6-16-7/h1-4,6H,5H2. The normalized spacial score (nSPS) is 10.1. The number of aromatic nitrogens is 2. The van der Waals surface area contributed by atoms with Gasteiger partial charge in [0, 0.05) is 12.4 Å². The average Bonchev–Trinajstić information content (AvgIpc) is 2.79. The van der Waals surface area contributed by atoms with Gasteiger partial charge in [0.1, 0.15) is 6.61 Å². The lowest BCUT2D eigenvalue weighted by atomic mass is 10.2. The molecular weight excluding hydrogens is 231 g/mol. The van der Waals surface area contributed by atoms with E-state index in [1.807, 2.05) is 0 Å². The first-order valence-electron chi connectivity index (χ1n) is 4.41. The zero-order valence-corrected chi connectivity index (χ0v) is 8.91. The molecule has 0 aliphatic heterocycles. The molecule has 0 fully saturated rings. The molecule has 2 aromatic heterocycles. The minimum absolute atomic E-state index is 0.102. The summed E-state index contributed by atoms with van der Waals surface area (Å²) in [4.78, 5) is 19.6. The number of carbonyl (C=O) groups is 1. The van der Waals surface area contributed by atoms with Crippen LogP contribution in [0.5, 0.6) is 0 Å². The van der Waals surface area contributed by atoms with E-state index in [1.165, 1.54) is 23.6 Å². The SMILES string of the molecule is O=C(OCc1cncs1)c1ccncc1F. The Labute approximate surface area is 94.7 Å². The summed E-state index contributed by atoms with van der Waals surface area (Å²) in [6.07, 6.45) is 3.91. The van der Waals surface area contributed by atoms with Crippen molar-refractivity contribution in [1.29, 1.82) is 0 Å². The van der Waals surface area contributed by atoms with E-state index in [-0.39, 0.29) is 12.2 Å². The molecule has 2 rings (SSSR count). The first-order valence-corrected chi connectivity index (χ1v) is 5.29. The Balaban J connectivity index is 2.01. The van der Waals surface area contributed by atoms with Crippen LogP contribution in [0.4, 0.5) is 4.39 Å². The van der Waals surface area contributed by atoms with Crippen LogP contribution >= 0.6 is 11.3 Å². The van der Waals surface area contributed by atoms with E-state index < -0.39 is 11.8 Å². The maximum Gasteiger partial charge on any atom is 0.341 e. The highest BCUT2D eigenvalue weighted by molar-refractivity contribution is 7.09. The van der Waals surface area contributed by atoms with Crippen LogP contribution in [0.25, 0.3) is 0 Å². The number of halogens is 1. The van der Waals surface area contributed by atoms with E-state index in [9.17, 15) is 9.18 Å². The summed E-state index contributed by atoms with van der Waals surface area (Å²) >= 11 is 1.37. The molecule has 0 amide bonds. The van der Waals surface area contributed by atoms with E-state index in [0.717, 1.165) is 11.1 Å². The summed E-state index contributed by atoms with van der Waals surface area (Å²) in [7, 11) is 0. The largest absolute Gasteiger partial charge is 0.456 e. The Morgan fingerprint density at radius 1 is 1.44 bits per heavy atom. The van der Waals surface area contributed by atoms with E-state index in [1.54, 1.807) is 11.7 Å². The molecule has 0 aliphatic rings. The second-order valence-electron chi connectivity index (χ2n) is 2.90. The van der Waals surface area contributed by atoms with Gasteiger partial charge in [0.15, 0.2) is 5.82 Å². The van der Waals surface area contributed by atoms with Crippen molar-refractivity contribution in [3.63, 3.8) is 0 Å². The molecule has 6 heteroatoms. The fourth-order valence-electron chi connectivity index (χ4n) is 1.07. The number of hydrogen-bond acceptors (Lipinski definition) is 5. The maximum atomic E-state index is 13.1. The summed E-state index contributed by atoms with van der Waals surface area (Å²) in [5, 5.41) is 0. The zero-order valence-electron chi connectivity index (χ0n) is 8.09. The minimum Gasteiger partial charge on any atom is -0.456 e. The Morgan fingerprint density at radius 3 is 3.00 bits per heavy atom. The maximum absolute atomic E-state index is 13.1. The molecule has 0 radical (unpaired) electrons. The van der Waals surface area contributed by atoms with Gasteiger partial charge in [-0.15, -0.1) is 11.3 Å². The number of pyridine rings is 1. The smallest absolute Gasteiger partial charge is 0.341 e. The third-order valence-corrected chi connectivity index (χ3v) is 2.57. The van der Waals surface area contributed by atoms with Crippen LogP contribution in [0.3, 0.4) is 0 Å². The Kier molecular flexibility index (Phi) is 3.21. The molecule has 0 unspecified atom stereocenters. The summed E-state index contributed by atoms with van der Waals surface area (Å²) < 4.78 is 18.0. The topological polar surface area (TPSA) is 52.1 Å². The molecule has 82 valence electrons. The van der Waals surface area contributed by atoms with Crippen LogP contribution in [0.1, 0.15) is 15.2 Å². The van der Waals surface area contributed by atoms with Crippen molar-refractivity contribution in [3.8, 4) is 0 Å². The molecule has 0 aliphatic carbocycles. The molecule has 0 saturated carbocycles. The number of rotatable bonds is 3. The molecule has 0 aromatic carbocycles. The summed E-state index contributed by atoms with van der Waals surface area (Å²) in [5.41, 5.74) is 1.52. The van der Waals surface area contributed by atoms with Gasteiger partial charge in [0.25, 0.3) is 0 Å². The van der Waals surface area contributed by atoms with E-state index in [0.29, 0.717) is 0 Å².